The predicted molar refractivity (Wildman–Crippen MR) is 96.3 cm³/mol. The largest absolute Gasteiger partial charge is 0.478 e. The molecule has 25 heavy (non-hydrogen) atoms. The molecule has 128 valence electrons. The smallest absolute Gasteiger partial charge is 0.323 e. The second kappa shape index (κ2) is 7.48. The Hall–Kier alpha value is -3.35. The summed E-state index contributed by atoms with van der Waals surface area (Å²) in [7, 11) is 0. The molecule has 2 aromatic heterocycles. The van der Waals surface area contributed by atoms with Crippen LogP contribution in [0.15, 0.2) is 55.0 Å². The zero-order chi connectivity index (χ0) is 17.6. The van der Waals surface area contributed by atoms with Crippen LogP contribution < -0.4 is 15.4 Å². The number of urea groups is 1. The Morgan fingerprint density at radius 1 is 1.24 bits per heavy atom. The van der Waals surface area contributed by atoms with Crippen LogP contribution >= 0.6 is 0 Å². The highest BCUT2D eigenvalue weighted by Crippen LogP contribution is 2.19. The van der Waals surface area contributed by atoms with Gasteiger partial charge in [0.05, 0.1) is 24.2 Å². The Morgan fingerprint density at radius 2 is 2.12 bits per heavy atom. The van der Waals surface area contributed by atoms with Crippen LogP contribution in [0, 0.1) is 6.92 Å². The van der Waals surface area contributed by atoms with Gasteiger partial charge in [-0.25, -0.2) is 14.5 Å². The van der Waals surface area contributed by atoms with Crippen molar-refractivity contribution in [3.8, 4) is 11.6 Å². The molecule has 0 unspecified atom stereocenters. The third kappa shape index (κ3) is 4.14. The lowest BCUT2D eigenvalue weighted by molar-refractivity contribution is 0.262. The fourth-order valence-corrected chi connectivity index (χ4v) is 2.32. The quantitative estimate of drug-likeness (QED) is 0.745. The monoisotopic (exact) mass is 337 g/mol. The number of benzene rings is 1. The zero-order valence-corrected chi connectivity index (χ0v) is 14.1. The Balaban J connectivity index is 1.64. The lowest BCUT2D eigenvalue weighted by atomic mass is 10.2. The Morgan fingerprint density at radius 3 is 2.76 bits per heavy atom. The summed E-state index contributed by atoms with van der Waals surface area (Å²) in [6.07, 6.45) is 5.14. The highest BCUT2D eigenvalue weighted by Gasteiger charge is 2.07. The molecule has 0 aliphatic rings. The standard InChI is InChI=1S/C18H19N5O2/c1-3-25-17-8-5-14(12-19-17)21-18(24)22-16-7-6-15(11-13(16)2)23-10-4-9-20-23/h4-12H,3H2,1-2H3,(H2,21,22,24). The summed E-state index contributed by atoms with van der Waals surface area (Å²) < 4.78 is 7.04. The molecule has 3 aromatic rings. The van der Waals surface area contributed by atoms with Gasteiger partial charge in [0.25, 0.3) is 0 Å². The molecule has 2 amide bonds. The second-order valence-electron chi connectivity index (χ2n) is 5.35. The van der Waals surface area contributed by atoms with Gasteiger partial charge in [-0.3, -0.25) is 0 Å². The van der Waals surface area contributed by atoms with Crippen LogP contribution in [0.3, 0.4) is 0 Å². The van der Waals surface area contributed by atoms with E-state index >= 15 is 0 Å². The van der Waals surface area contributed by atoms with Crippen molar-refractivity contribution in [1.29, 1.82) is 0 Å². The van der Waals surface area contributed by atoms with Gasteiger partial charge < -0.3 is 15.4 Å². The fourth-order valence-electron chi connectivity index (χ4n) is 2.32. The normalized spacial score (nSPS) is 10.3. The number of nitrogens with one attached hydrogen (secondary N) is 2. The number of aryl methyl sites for hydroxylation is 1. The van der Waals surface area contributed by atoms with E-state index in [-0.39, 0.29) is 6.03 Å². The maximum absolute atomic E-state index is 12.2. The van der Waals surface area contributed by atoms with Crippen LogP contribution in [-0.4, -0.2) is 27.4 Å². The summed E-state index contributed by atoms with van der Waals surface area (Å²) >= 11 is 0. The second-order valence-corrected chi connectivity index (χ2v) is 5.35. The van der Waals surface area contributed by atoms with E-state index in [4.69, 9.17) is 4.74 Å². The molecular formula is C18H19N5O2. The topological polar surface area (TPSA) is 81.1 Å². The molecule has 0 atom stereocenters. The van der Waals surface area contributed by atoms with Gasteiger partial charge in [-0.1, -0.05) is 0 Å². The number of carbonyl (C=O) groups is 1. The van der Waals surface area contributed by atoms with E-state index in [0.29, 0.717) is 18.2 Å². The molecule has 7 nitrogen and oxygen atoms in total. The van der Waals surface area contributed by atoms with Gasteiger partial charge in [0.1, 0.15) is 0 Å². The number of hydrogen-bond acceptors (Lipinski definition) is 4. The number of hydrogen-bond donors (Lipinski definition) is 2. The molecule has 0 radical (unpaired) electrons. The summed E-state index contributed by atoms with van der Waals surface area (Å²) in [6, 6.07) is 10.7. The SMILES string of the molecule is CCOc1ccc(NC(=O)Nc2ccc(-n3cccn3)cc2C)cn1. The number of amides is 2. The van der Waals surface area contributed by atoms with Crippen molar-refractivity contribution in [2.24, 2.45) is 0 Å². The van der Waals surface area contributed by atoms with E-state index in [0.717, 1.165) is 16.9 Å². The van der Waals surface area contributed by atoms with Crippen molar-refractivity contribution in [1.82, 2.24) is 14.8 Å². The summed E-state index contributed by atoms with van der Waals surface area (Å²) in [5.74, 6) is 0.526. The van der Waals surface area contributed by atoms with Crippen molar-refractivity contribution in [3.05, 3.63) is 60.6 Å². The lowest BCUT2D eigenvalue weighted by Gasteiger charge is -2.11. The molecule has 3 rings (SSSR count). The zero-order valence-electron chi connectivity index (χ0n) is 14.1. The van der Waals surface area contributed by atoms with Gasteiger partial charge in [0, 0.05) is 24.1 Å². The van der Waals surface area contributed by atoms with Gasteiger partial charge in [0.15, 0.2) is 0 Å². The first-order valence-electron chi connectivity index (χ1n) is 7.93. The summed E-state index contributed by atoms with van der Waals surface area (Å²) in [5, 5.41) is 9.77. The first-order valence-corrected chi connectivity index (χ1v) is 7.93. The molecular weight excluding hydrogens is 318 g/mol. The molecule has 1 aromatic carbocycles. The van der Waals surface area contributed by atoms with Crippen molar-refractivity contribution in [2.45, 2.75) is 13.8 Å². The van der Waals surface area contributed by atoms with Crippen molar-refractivity contribution >= 4 is 17.4 Å². The highest BCUT2D eigenvalue weighted by atomic mass is 16.5. The third-order valence-corrected chi connectivity index (χ3v) is 3.51. The minimum atomic E-state index is -0.333. The van der Waals surface area contributed by atoms with E-state index in [2.05, 4.69) is 20.7 Å². The van der Waals surface area contributed by atoms with E-state index in [1.165, 1.54) is 0 Å². The predicted octanol–water partition coefficient (Wildman–Crippen LogP) is 3.62. The van der Waals surface area contributed by atoms with Gasteiger partial charge >= 0.3 is 6.03 Å². The minimum Gasteiger partial charge on any atom is -0.478 e. The van der Waals surface area contributed by atoms with Crippen molar-refractivity contribution < 1.29 is 9.53 Å². The molecule has 0 spiro atoms. The van der Waals surface area contributed by atoms with E-state index in [9.17, 15) is 4.79 Å². The van der Waals surface area contributed by atoms with Crippen LogP contribution in [0.1, 0.15) is 12.5 Å². The van der Waals surface area contributed by atoms with Gasteiger partial charge in [-0.05, 0) is 49.7 Å². The maximum atomic E-state index is 12.2. The first-order chi connectivity index (χ1) is 12.2. The Bertz CT molecular complexity index is 844. The number of pyridine rings is 1. The first kappa shape index (κ1) is 16.5. The van der Waals surface area contributed by atoms with E-state index < -0.39 is 0 Å². The number of rotatable bonds is 5. The lowest BCUT2D eigenvalue weighted by Crippen LogP contribution is -2.20. The van der Waals surface area contributed by atoms with Crippen LogP contribution in [0.25, 0.3) is 5.69 Å². The molecule has 0 saturated heterocycles. The maximum Gasteiger partial charge on any atom is 0.323 e. The highest BCUT2D eigenvalue weighted by molar-refractivity contribution is 6.00. The number of carbonyl (C=O) groups excluding carboxylic acids is 1. The molecule has 0 saturated carbocycles. The van der Waals surface area contributed by atoms with E-state index in [1.807, 2.05) is 44.3 Å². The van der Waals surface area contributed by atoms with Gasteiger partial charge in [-0.15, -0.1) is 0 Å². The molecule has 0 aliphatic carbocycles. The minimum absolute atomic E-state index is 0.333. The number of aromatic nitrogens is 3. The fraction of sp³-hybridized carbons (Fsp3) is 0.167. The molecule has 7 heteroatoms. The van der Waals surface area contributed by atoms with Crippen LogP contribution in [-0.2, 0) is 0 Å². The summed E-state index contributed by atoms with van der Waals surface area (Å²) in [5.41, 5.74) is 3.19. The van der Waals surface area contributed by atoms with Crippen molar-refractivity contribution in [2.75, 3.05) is 17.2 Å². The van der Waals surface area contributed by atoms with Crippen LogP contribution in [0.5, 0.6) is 5.88 Å². The Labute approximate surface area is 145 Å². The van der Waals surface area contributed by atoms with Crippen LogP contribution in [0.2, 0.25) is 0 Å². The van der Waals surface area contributed by atoms with Crippen molar-refractivity contribution in [3.63, 3.8) is 0 Å². The van der Waals surface area contributed by atoms with Crippen LogP contribution in [0.4, 0.5) is 16.2 Å². The van der Waals surface area contributed by atoms with Gasteiger partial charge in [-0.2, -0.15) is 5.10 Å². The molecule has 0 aliphatic heterocycles. The number of nitrogens with zero attached hydrogens (tertiary/aromatic N) is 3. The molecule has 2 heterocycles. The third-order valence-electron chi connectivity index (χ3n) is 3.51. The van der Waals surface area contributed by atoms with E-state index in [1.54, 1.807) is 29.2 Å². The molecule has 0 fully saturated rings. The Kier molecular flexibility index (Phi) is 4.94. The average molecular weight is 337 g/mol. The van der Waals surface area contributed by atoms with Gasteiger partial charge in [0.2, 0.25) is 5.88 Å². The summed E-state index contributed by atoms with van der Waals surface area (Å²) in [4.78, 5) is 16.3. The molecule has 0 bridgehead atoms. The average Bonchev–Trinajstić information content (AvgIpc) is 3.13. The number of anilines is 2. The summed E-state index contributed by atoms with van der Waals surface area (Å²) in [6.45, 7) is 4.37. The number of ether oxygens (including phenoxy) is 1. The molecule has 2 N–H and O–H groups in total.